The Hall–Kier alpha value is -0.0275. The van der Waals surface area contributed by atoms with Crippen molar-refractivity contribution in [2.24, 2.45) is 5.41 Å². The smallest absolute Gasteiger partial charge is 0.358 e. The molecule has 1 saturated heterocycles. The molecule has 0 aromatic heterocycles. The van der Waals surface area contributed by atoms with E-state index in [9.17, 15) is 0 Å². The Labute approximate surface area is 132 Å². The van der Waals surface area contributed by atoms with Crippen molar-refractivity contribution in [2.45, 2.75) is 53.5 Å². The minimum absolute atomic E-state index is 0. The minimum atomic E-state index is 0. The summed E-state index contributed by atoms with van der Waals surface area (Å²) < 4.78 is 0. The van der Waals surface area contributed by atoms with Crippen molar-refractivity contribution in [1.29, 1.82) is 0 Å². The van der Waals surface area contributed by atoms with Crippen molar-refractivity contribution < 1.29 is 17.4 Å². The van der Waals surface area contributed by atoms with Crippen molar-refractivity contribution in [3.8, 4) is 0 Å². The van der Waals surface area contributed by atoms with Crippen LogP contribution in [-0.4, -0.2) is 24.0 Å². The van der Waals surface area contributed by atoms with Crippen LogP contribution >= 0.6 is 0 Å². The SMILES string of the molecule is CC1=C(C)C(C)(C)[C-]=C1C(C)N1CCCC1.[CH3-].[CH3-].[Cr+3]. The fourth-order valence-corrected chi connectivity index (χ4v) is 2.92. The average Bonchev–Trinajstić information content (AvgIpc) is 2.81. The normalized spacial score (nSPS) is 23.1. The molecule has 1 heterocycles. The molecule has 0 spiro atoms. The molecule has 19 heavy (non-hydrogen) atoms. The number of likely N-dealkylation sites (tertiary alicyclic amines) is 1. The van der Waals surface area contributed by atoms with Gasteiger partial charge in [0.2, 0.25) is 0 Å². The van der Waals surface area contributed by atoms with Gasteiger partial charge in [-0.25, -0.2) is 5.57 Å². The van der Waals surface area contributed by atoms with Crippen LogP contribution in [0.5, 0.6) is 0 Å². The summed E-state index contributed by atoms with van der Waals surface area (Å²) in [6.07, 6.45) is 6.44. The zero-order chi connectivity index (χ0) is 11.9. The maximum atomic E-state index is 3.71. The number of rotatable bonds is 2. The van der Waals surface area contributed by atoms with Crippen LogP contribution in [0.15, 0.2) is 16.7 Å². The van der Waals surface area contributed by atoms with Gasteiger partial charge in [-0.05, 0) is 38.9 Å². The third kappa shape index (κ3) is 3.97. The van der Waals surface area contributed by atoms with Gasteiger partial charge >= 0.3 is 17.4 Å². The molecule has 109 valence electrons. The minimum Gasteiger partial charge on any atom is -0.358 e. The van der Waals surface area contributed by atoms with Crippen LogP contribution < -0.4 is 0 Å². The van der Waals surface area contributed by atoms with E-state index in [0.29, 0.717) is 6.04 Å². The van der Waals surface area contributed by atoms with Gasteiger partial charge in [0, 0.05) is 0 Å². The van der Waals surface area contributed by atoms with Gasteiger partial charge < -0.3 is 14.9 Å². The van der Waals surface area contributed by atoms with Gasteiger partial charge in [0.05, 0.1) is 0 Å². The maximum absolute atomic E-state index is 3.71. The Morgan fingerprint density at radius 1 is 1.11 bits per heavy atom. The topological polar surface area (TPSA) is 3.24 Å². The second-order valence-electron chi connectivity index (χ2n) is 5.83. The van der Waals surface area contributed by atoms with Crippen molar-refractivity contribution in [3.63, 3.8) is 0 Å². The Balaban J connectivity index is 0. The van der Waals surface area contributed by atoms with Gasteiger partial charge in [0.1, 0.15) is 0 Å². The molecular weight excluding hydrogens is 270 g/mol. The van der Waals surface area contributed by atoms with Crippen LogP contribution in [-0.2, 0) is 17.4 Å². The van der Waals surface area contributed by atoms with Crippen molar-refractivity contribution in [3.05, 3.63) is 37.6 Å². The summed E-state index contributed by atoms with van der Waals surface area (Å²) >= 11 is 0. The van der Waals surface area contributed by atoms with E-state index in [-0.39, 0.29) is 37.6 Å². The van der Waals surface area contributed by atoms with Crippen LogP contribution in [0, 0.1) is 26.3 Å². The third-order valence-corrected chi connectivity index (χ3v) is 4.46. The number of allylic oxidation sites excluding steroid dienone is 2. The molecule has 0 aromatic rings. The summed E-state index contributed by atoms with van der Waals surface area (Å²) in [7, 11) is 0. The van der Waals surface area contributed by atoms with Crippen LogP contribution in [0.25, 0.3) is 0 Å². The molecule has 0 bridgehead atoms. The zero-order valence-electron chi connectivity index (χ0n) is 13.8. The van der Waals surface area contributed by atoms with E-state index >= 15 is 0 Å². The van der Waals surface area contributed by atoms with Crippen molar-refractivity contribution in [2.75, 3.05) is 13.1 Å². The van der Waals surface area contributed by atoms with E-state index in [1.807, 2.05) is 0 Å². The van der Waals surface area contributed by atoms with Gasteiger partial charge in [-0.1, -0.05) is 26.2 Å². The van der Waals surface area contributed by atoms with Crippen molar-refractivity contribution in [1.82, 2.24) is 4.90 Å². The molecule has 0 aromatic carbocycles. The fraction of sp³-hybridized carbons (Fsp3) is 0.647. The molecule has 0 amide bonds. The van der Waals surface area contributed by atoms with Crippen LogP contribution in [0.1, 0.15) is 47.5 Å². The van der Waals surface area contributed by atoms with Gasteiger partial charge in [-0.2, -0.15) is 11.1 Å². The summed E-state index contributed by atoms with van der Waals surface area (Å²) in [6.45, 7) is 13.9. The van der Waals surface area contributed by atoms with Crippen LogP contribution in [0.3, 0.4) is 0 Å². The Kier molecular flexibility index (Phi) is 8.59. The first-order valence-corrected chi connectivity index (χ1v) is 6.51. The van der Waals surface area contributed by atoms with E-state index < -0.39 is 0 Å². The van der Waals surface area contributed by atoms with Gasteiger partial charge in [0.15, 0.2) is 0 Å². The summed E-state index contributed by atoms with van der Waals surface area (Å²) in [4.78, 5) is 2.60. The van der Waals surface area contributed by atoms with E-state index in [2.05, 4.69) is 45.6 Å². The quantitative estimate of drug-likeness (QED) is 0.680. The summed E-state index contributed by atoms with van der Waals surface area (Å²) in [5.74, 6) is 0. The molecule has 1 radical (unpaired) electrons. The second-order valence-corrected chi connectivity index (χ2v) is 5.83. The van der Waals surface area contributed by atoms with E-state index in [1.54, 1.807) is 0 Å². The molecule has 2 heteroatoms. The van der Waals surface area contributed by atoms with E-state index in [0.717, 1.165) is 0 Å². The molecule has 1 aliphatic heterocycles. The van der Waals surface area contributed by atoms with Gasteiger partial charge in [-0.15, -0.1) is 6.92 Å². The van der Waals surface area contributed by atoms with Crippen molar-refractivity contribution >= 4 is 0 Å². The standard InChI is InChI=1S/C15H24N.2CH3.Cr/c1-11-12(2)15(4,5)10-14(11)13(3)16-8-6-7-9-16;;;/h13H,6-9H2,1-5H3;2*1H3;/q3*-1;+3. The molecule has 2 rings (SSSR count). The predicted molar refractivity (Wildman–Crippen MR) is 82.0 cm³/mol. The largest absolute Gasteiger partial charge is 3.00 e. The Morgan fingerprint density at radius 2 is 1.58 bits per heavy atom. The second kappa shape index (κ2) is 7.67. The average molecular weight is 300 g/mol. The first-order valence-electron chi connectivity index (χ1n) is 6.51. The summed E-state index contributed by atoms with van der Waals surface area (Å²) in [6, 6.07) is 0.555. The Bertz CT molecular complexity index is 346. The number of hydrogen-bond donors (Lipinski definition) is 0. The molecule has 0 saturated carbocycles. The van der Waals surface area contributed by atoms with Gasteiger partial charge in [-0.3, -0.25) is 11.0 Å². The molecule has 1 unspecified atom stereocenters. The summed E-state index contributed by atoms with van der Waals surface area (Å²) in [5.41, 5.74) is 4.57. The fourth-order valence-electron chi connectivity index (χ4n) is 2.92. The molecule has 2 aliphatic rings. The maximum Gasteiger partial charge on any atom is 3.00 e. The first-order chi connectivity index (χ1) is 7.43. The molecule has 1 aliphatic carbocycles. The van der Waals surface area contributed by atoms with E-state index in [4.69, 9.17) is 0 Å². The molecular formula is C17H30CrN. The molecule has 1 atom stereocenters. The van der Waals surface area contributed by atoms with Crippen LogP contribution in [0.4, 0.5) is 0 Å². The Morgan fingerprint density at radius 3 is 1.95 bits per heavy atom. The molecule has 0 N–H and O–H groups in total. The zero-order valence-corrected chi connectivity index (χ0v) is 15.0. The number of hydrogen-bond acceptors (Lipinski definition) is 1. The van der Waals surface area contributed by atoms with Crippen LogP contribution in [0.2, 0.25) is 0 Å². The molecule has 1 fully saturated rings. The third-order valence-electron chi connectivity index (χ3n) is 4.46. The summed E-state index contributed by atoms with van der Waals surface area (Å²) in [5, 5.41) is 0. The van der Waals surface area contributed by atoms with E-state index in [1.165, 1.54) is 42.7 Å². The molecule has 1 nitrogen and oxygen atoms in total. The van der Waals surface area contributed by atoms with Gasteiger partial charge in [0.25, 0.3) is 0 Å². The monoisotopic (exact) mass is 300 g/mol. The first kappa shape index (κ1) is 21.3. The number of nitrogens with zero attached hydrogens (tertiary/aromatic N) is 1. The predicted octanol–water partition coefficient (Wildman–Crippen LogP) is 4.47.